The van der Waals surface area contributed by atoms with Gasteiger partial charge in [0.1, 0.15) is 17.4 Å². The average Bonchev–Trinajstić information content (AvgIpc) is 2.74. The quantitative estimate of drug-likeness (QED) is 0.578. The molecule has 158 valence electrons. The summed E-state index contributed by atoms with van der Waals surface area (Å²) in [4.78, 5) is 26.0. The predicted molar refractivity (Wildman–Crippen MR) is 120 cm³/mol. The van der Waals surface area contributed by atoms with E-state index in [-0.39, 0.29) is 5.91 Å². The van der Waals surface area contributed by atoms with Crippen molar-refractivity contribution in [3.8, 4) is 11.5 Å². The molecule has 0 saturated heterocycles. The second kappa shape index (κ2) is 8.26. The van der Waals surface area contributed by atoms with Crippen LogP contribution in [0.3, 0.4) is 0 Å². The lowest BCUT2D eigenvalue weighted by Crippen LogP contribution is -2.33. The van der Waals surface area contributed by atoms with Crippen molar-refractivity contribution in [1.82, 2.24) is 0 Å². The summed E-state index contributed by atoms with van der Waals surface area (Å²) in [5.74, 6) is -0.267. The minimum absolute atomic E-state index is 0.364. The lowest BCUT2D eigenvalue weighted by atomic mass is 9.88. The van der Waals surface area contributed by atoms with Crippen molar-refractivity contribution in [2.45, 2.75) is 39.7 Å². The van der Waals surface area contributed by atoms with Gasteiger partial charge in [-0.1, -0.05) is 54.1 Å². The number of anilines is 1. The molecule has 3 aromatic rings. The molecule has 0 spiro atoms. The summed E-state index contributed by atoms with van der Waals surface area (Å²) >= 11 is 0. The van der Waals surface area contributed by atoms with Crippen LogP contribution in [0.15, 0.2) is 60.7 Å². The first kappa shape index (κ1) is 20.7. The molecule has 1 aliphatic rings. The number of aryl methyl sites for hydroxylation is 3. The highest BCUT2D eigenvalue weighted by atomic mass is 16.5. The second-order valence-corrected chi connectivity index (χ2v) is 7.95. The smallest absolute Gasteiger partial charge is 0.318 e. The molecule has 4 rings (SSSR count). The lowest BCUT2D eigenvalue weighted by Gasteiger charge is -2.27. The normalized spacial score (nSPS) is 13.4. The molecule has 0 saturated carbocycles. The summed E-state index contributed by atoms with van der Waals surface area (Å²) in [6.45, 7) is 7.49. The number of benzene rings is 3. The molecule has 1 heterocycles. The Hall–Kier alpha value is -3.60. The number of carbonyl (C=O) groups excluding carboxylic acids is 2. The van der Waals surface area contributed by atoms with Crippen molar-refractivity contribution < 1.29 is 19.1 Å². The Labute approximate surface area is 182 Å². The summed E-state index contributed by atoms with van der Waals surface area (Å²) in [6, 6.07) is 18.8. The molecule has 31 heavy (non-hydrogen) atoms. The summed E-state index contributed by atoms with van der Waals surface area (Å²) in [7, 11) is 0. The van der Waals surface area contributed by atoms with E-state index in [1.54, 1.807) is 6.92 Å². The van der Waals surface area contributed by atoms with E-state index in [0.29, 0.717) is 11.5 Å². The summed E-state index contributed by atoms with van der Waals surface area (Å²) in [5, 5.41) is 2.91. The maximum absolute atomic E-state index is 13.2. The van der Waals surface area contributed by atoms with Crippen molar-refractivity contribution in [2.24, 2.45) is 0 Å². The van der Waals surface area contributed by atoms with E-state index < -0.39 is 18.0 Å². The van der Waals surface area contributed by atoms with Crippen LogP contribution >= 0.6 is 0 Å². The Morgan fingerprint density at radius 2 is 1.42 bits per heavy atom. The molecule has 1 N–H and O–H groups in total. The van der Waals surface area contributed by atoms with Gasteiger partial charge in [0.2, 0.25) is 0 Å². The average molecular weight is 415 g/mol. The molecule has 0 radical (unpaired) electrons. The molecular weight excluding hydrogens is 390 g/mol. The molecule has 1 atom stereocenters. The third-order valence-electron chi connectivity index (χ3n) is 5.50. The van der Waals surface area contributed by atoms with E-state index in [9.17, 15) is 9.59 Å². The molecule has 0 aliphatic carbocycles. The van der Waals surface area contributed by atoms with E-state index in [0.717, 1.165) is 33.5 Å². The number of amides is 1. The first-order valence-corrected chi connectivity index (χ1v) is 10.3. The number of carbonyl (C=O) groups is 2. The Balaban J connectivity index is 1.55. The summed E-state index contributed by atoms with van der Waals surface area (Å²) < 4.78 is 11.6. The number of para-hydroxylation sites is 2. The standard InChI is InChI=1S/C26H25NO4/c1-15-13-16(2)24(17(3)14-15)27-25(28)18(4)30-26(29)23-19-9-5-7-11-21(19)31-22-12-8-6-10-20(22)23/h5-14,18,23H,1-4H3,(H,27,28)/t18-/m1/s1. The molecule has 0 aromatic heterocycles. The SMILES string of the molecule is Cc1cc(C)c(NC(=O)[C@@H](C)OC(=O)C2c3ccccc3Oc3ccccc32)c(C)c1. The zero-order valence-corrected chi connectivity index (χ0v) is 18.1. The second-order valence-electron chi connectivity index (χ2n) is 7.95. The topological polar surface area (TPSA) is 64.6 Å². The molecule has 0 fully saturated rings. The van der Waals surface area contributed by atoms with Gasteiger partial charge in [0.25, 0.3) is 5.91 Å². The van der Waals surface area contributed by atoms with Gasteiger partial charge in [-0.3, -0.25) is 9.59 Å². The number of hydrogen-bond donors (Lipinski definition) is 1. The fourth-order valence-corrected chi connectivity index (χ4v) is 4.06. The molecule has 0 unspecified atom stereocenters. The van der Waals surface area contributed by atoms with Gasteiger partial charge in [0.05, 0.1) is 0 Å². The minimum Gasteiger partial charge on any atom is -0.457 e. The van der Waals surface area contributed by atoms with Crippen molar-refractivity contribution in [1.29, 1.82) is 0 Å². The van der Waals surface area contributed by atoms with E-state index in [1.807, 2.05) is 81.4 Å². The highest BCUT2D eigenvalue weighted by Gasteiger charge is 2.35. The van der Waals surface area contributed by atoms with Crippen LogP contribution in [0.25, 0.3) is 0 Å². The van der Waals surface area contributed by atoms with Gasteiger partial charge in [0, 0.05) is 16.8 Å². The van der Waals surface area contributed by atoms with Crippen molar-refractivity contribution in [3.05, 3.63) is 88.5 Å². The van der Waals surface area contributed by atoms with Crippen molar-refractivity contribution in [2.75, 3.05) is 5.32 Å². The van der Waals surface area contributed by atoms with Crippen molar-refractivity contribution >= 4 is 17.6 Å². The highest BCUT2D eigenvalue weighted by molar-refractivity contribution is 5.97. The number of esters is 1. The van der Waals surface area contributed by atoms with E-state index in [4.69, 9.17) is 9.47 Å². The van der Waals surface area contributed by atoms with Gasteiger partial charge in [0.15, 0.2) is 6.10 Å². The summed E-state index contributed by atoms with van der Waals surface area (Å²) in [5.41, 5.74) is 5.27. The van der Waals surface area contributed by atoms with Gasteiger partial charge in [-0.2, -0.15) is 0 Å². The van der Waals surface area contributed by atoms with Crippen LogP contribution in [0.5, 0.6) is 11.5 Å². The molecule has 5 heteroatoms. The fourth-order valence-electron chi connectivity index (χ4n) is 4.06. The molecule has 5 nitrogen and oxygen atoms in total. The van der Waals surface area contributed by atoms with Crippen molar-refractivity contribution in [3.63, 3.8) is 0 Å². The highest BCUT2D eigenvalue weighted by Crippen LogP contribution is 2.44. The first-order valence-electron chi connectivity index (χ1n) is 10.3. The maximum Gasteiger partial charge on any atom is 0.318 e. The first-order chi connectivity index (χ1) is 14.8. The van der Waals surface area contributed by atoms with Crippen LogP contribution in [-0.4, -0.2) is 18.0 Å². The minimum atomic E-state index is -0.949. The monoisotopic (exact) mass is 415 g/mol. The Kier molecular flexibility index (Phi) is 5.51. The van der Waals surface area contributed by atoms with Crippen LogP contribution in [0.1, 0.15) is 40.7 Å². The lowest BCUT2D eigenvalue weighted by molar-refractivity contribution is -0.153. The van der Waals surface area contributed by atoms with E-state index in [2.05, 4.69) is 5.32 Å². The van der Waals surface area contributed by atoms with Gasteiger partial charge in [-0.15, -0.1) is 0 Å². The number of ether oxygens (including phenoxy) is 2. The maximum atomic E-state index is 13.2. The number of hydrogen-bond acceptors (Lipinski definition) is 4. The van der Waals surface area contributed by atoms with Crippen LogP contribution in [0.4, 0.5) is 5.69 Å². The van der Waals surface area contributed by atoms with Gasteiger partial charge < -0.3 is 14.8 Å². The summed E-state index contributed by atoms with van der Waals surface area (Å²) in [6.07, 6.45) is -0.949. The zero-order valence-electron chi connectivity index (χ0n) is 18.1. The van der Waals surface area contributed by atoms with Crippen LogP contribution in [0, 0.1) is 20.8 Å². The fraction of sp³-hybridized carbons (Fsp3) is 0.231. The molecule has 3 aromatic carbocycles. The number of nitrogens with one attached hydrogen (secondary N) is 1. The third kappa shape index (κ3) is 4.04. The molecule has 0 bridgehead atoms. The largest absolute Gasteiger partial charge is 0.457 e. The van der Waals surface area contributed by atoms with Crippen LogP contribution < -0.4 is 10.1 Å². The third-order valence-corrected chi connectivity index (χ3v) is 5.50. The van der Waals surface area contributed by atoms with Crippen LogP contribution in [0.2, 0.25) is 0 Å². The van der Waals surface area contributed by atoms with Gasteiger partial charge >= 0.3 is 5.97 Å². The predicted octanol–water partition coefficient (Wildman–Crippen LogP) is 5.42. The van der Waals surface area contributed by atoms with Gasteiger partial charge in [-0.05, 0) is 51.0 Å². The Morgan fingerprint density at radius 3 is 1.97 bits per heavy atom. The van der Waals surface area contributed by atoms with E-state index in [1.165, 1.54) is 0 Å². The van der Waals surface area contributed by atoms with E-state index >= 15 is 0 Å². The molecular formula is C26H25NO4. The number of rotatable bonds is 4. The number of fused-ring (bicyclic) bond motifs is 2. The van der Waals surface area contributed by atoms with Crippen LogP contribution in [-0.2, 0) is 14.3 Å². The Bertz CT molecular complexity index is 1100. The Morgan fingerprint density at radius 1 is 0.903 bits per heavy atom. The molecule has 1 aliphatic heterocycles. The van der Waals surface area contributed by atoms with Gasteiger partial charge in [-0.25, -0.2) is 0 Å². The molecule has 1 amide bonds. The zero-order chi connectivity index (χ0) is 22.1.